The van der Waals surface area contributed by atoms with Gasteiger partial charge in [-0.25, -0.2) is 0 Å². The minimum Gasteiger partial charge on any atom is -0.378 e. The lowest BCUT2D eigenvalue weighted by molar-refractivity contribution is -0.132. The topological polar surface area (TPSA) is 29.5 Å². The molecule has 0 aliphatic carbocycles. The van der Waals surface area contributed by atoms with Crippen molar-refractivity contribution in [3.63, 3.8) is 0 Å². The quantitative estimate of drug-likeness (QED) is 0.497. The van der Waals surface area contributed by atoms with Gasteiger partial charge in [0.25, 0.3) is 0 Å². The first-order chi connectivity index (χ1) is 6.34. The predicted molar refractivity (Wildman–Crippen MR) is 54.9 cm³/mol. The van der Waals surface area contributed by atoms with Gasteiger partial charge in [-0.1, -0.05) is 6.08 Å². The maximum absolute atomic E-state index is 11.5. The number of hydrogen-bond donors (Lipinski definition) is 0. The van der Waals surface area contributed by atoms with E-state index in [0.29, 0.717) is 19.0 Å². The van der Waals surface area contributed by atoms with Crippen molar-refractivity contribution in [2.75, 3.05) is 37.8 Å². The molecule has 74 valence electrons. The average molecular weight is 201 g/mol. The van der Waals surface area contributed by atoms with Gasteiger partial charge in [-0.2, -0.15) is 0 Å². The predicted octanol–water partition coefficient (Wildman–Crippen LogP) is 0.764. The molecule has 0 aromatic carbocycles. The SMILES string of the molecule is C=CCSCC(=O)N1CCOCC1. The molecule has 1 saturated heterocycles. The minimum absolute atomic E-state index is 0.218. The van der Waals surface area contributed by atoms with Gasteiger partial charge in [0.1, 0.15) is 0 Å². The third-order valence-electron chi connectivity index (χ3n) is 1.83. The molecule has 0 atom stereocenters. The highest BCUT2D eigenvalue weighted by molar-refractivity contribution is 8.00. The Morgan fingerprint density at radius 3 is 2.85 bits per heavy atom. The molecule has 1 aliphatic heterocycles. The molecule has 1 fully saturated rings. The second-order valence-corrected chi connectivity index (χ2v) is 3.83. The first-order valence-corrected chi connectivity index (χ1v) is 5.54. The smallest absolute Gasteiger partial charge is 0.232 e. The first kappa shape index (κ1) is 10.6. The van der Waals surface area contributed by atoms with E-state index in [4.69, 9.17) is 4.74 Å². The van der Waals surface area contributed by atoms with Gasteiger partial charge in [-0.05, 0) is 0 Å². The number of carbonyl (C=O) groups is 1. The Kier molecular flexibility index (Phi) is 4.93. The van der Waals surface area contributed by atoms with Gasteiger partial charge in [-0.3, -0.25) is 4.79 Å². The third kappa shape index (κ3) is 3.83. The number of thioether (sulfide) groups is 1. The van der Waals surface area contributed by atoms with E-state index < -0.39 is 0 Å². The van der Waals surface area contributed by atoms with E-state index in [1.165, 1.54) is 0 Å². The lowest BCUT2D eigenvalue weighted by atomic mass is 10.4. The largest absolute Gasteiger partial charge is 0.378 e. The molecule has 1 aliphatic rings. The van der Waals surface area contributed by atoms with Crippen LogP contribution in [0.2, 0.25) is 0 Å². The molecule has 0 aromatic heterocycles. The van der Waals surface area contributed by atoms with Crippen molar-refractivity contribution in [2.24, 2.45) is 0 Å². The van der Waals surface area contributed by atoms with Crippen LogP contribution in [0.25, 0.3) is 0 Å². The molecule has 0 N–H and O–H groups in total. The molecule has 3 nitrogen and oxygen atoms in total. The molecule has 1 rings (SSSR count). The summed E-state index contributed by atoms with van der Waals surface area (Å²) < 4.78 is 5.16. The Morgan fingerprint density at radius 1 is 1.54 bits per heavy atom. The fraction of sp³-hybridized carbons (Fsp3) is 0.667. The number of amides is 1. The van der Waals surface area contributed by atoms with E-state index in [1.54, 1.807) is 11.8 Å². The molecule has 4 heteroatoms. The van der Waals surface area contributed by atoms with Crippen molar-refractivity contribution >= 4 is 17.7 Å². The van der Waals surface area contributed by atoms with Gasteiger partial charge < -0.3 is 9.64 Å². The van der Waals surface area contributed by atoms with Crippen LogP contribution in [0.15, 0.2) is 12.7 Å². The van der Waals surface area contributed by atoms with E-state index in [1.807, 2.05) is 11.0 Å². The van der Waals surface area contributed by atoms with Gasteiger partial charge in [0, 0.05) is 18.8 Å². The van der Waals surface area contributed by atoms with Gasteiger partial charge in [0.2, 0.25) is 5.91 Å². The molecule has 0 unspecified atom stereocenters. The molecule has 0 spiro atoms. The molecule has 0 radical (unpaired) electrons. The van der Waals surface area contributed by atoms with E-state index in [9.17, 15) is 4.79 Å². The summed E-state index contributed by atoms with van der Waals surface area (Å²) in [6.07, 6.45) is 1.82. The van der Waals surface area contributed by atoms with Crippen LogP contribution in [0.3, 0.4) is 0 Å². The van der Waals surface area contributed by atoms with Crippen LogP contribution in [0, 0.1) is 0 Å². The third-order valence-corrected chi connectivity index (χ3v) is 2.75. The van der Waals surface area contributed by atoms with Crippen LogP contribution in [0.5, 0.6) is 0 Å². The van der Waals surface area contributed by atoms with E-state index in [-0.39, 0.29) is 5.91 Å². The second-order valence-electron chi connectivity index (χ2n) is 2.80. The summed E-state index contributed by atoms with van der Waals surface area (Å²) in [6.45, 7) is 6.45. The number of ether oxygens (including phenoxy) is 1. The summed E-state index contributed by atoms with van der Waals surface area (Å²) >= 11 is 1.60. The molecule has 0 bridgehead atoms. The maximum atomic E-state index is 11.5. The van der Waals surface area contributed by atoms with Crippen LogP contribution in [0.4, 0.5) is 0 Å². The number of rotatable bonds is 4. The van der Waals surface area contributed by atoms with Crippen LogP contribution >= 0.6 is 11.8 Å². The normalized spacial score (nSPS) is 17.1. The lowest BCUT2D eigenvalue weighted by Gasteiger charge is -2.26. The van der Waals surface area contributed by atoms with Crippen molar-refractivity contribution in [3.8, 4) is 0 Å². The zero-order valence-electron chi connectivity index (χ0n) is 7.70. The molecule has 1 amide bonds. The Balaban J connectivity index is 2.17. The van der Waals surface area contributed by atoms with Crippen LogP contribution in [-0.4, -0.2) is 48.6 Å². The zero-order valence-corrected chi connectivity index (χ0v) is 8.52. The fourth-order valence-corrected chi connectivity index (χ4v) is 1.78. The molecule has 0 aromatic rings. The van der Waals surface area contributed by atoms with Gasteiger partial charge >= 0.3 is 0 Å². The highest BCUT2D eigenvalue weighted by atomic mass is 32.2. The molecular weight excluding hydrogens is 186 g/mol. The minimum atomic E-state index is 0.218. The summed E-state index contributed by atoms with van der Waals surface area (Å²) in [6, 6.07) is 0. The molecule has 0 saturated carbocycles. The Bertz CT molecular complexity index is 178. The van der Waals surface area contributed by atoms with Crippen LogP contribution in [0.1, 0.15) is 0 Å². The summed E-state index contributed by atoms with van der Waals surface area (Å²) in [5, 5.41) is 0. The van der Waals surface area contributed by atoms with Crippen molar-refractivity contribution in [1.82, 2.24) is 4.90 Å². The van der Waals surface area contributed by atoms with Gasteiger partial charge in [0.15, 0.2) is 0 Å². The van der Waals surface area contributed by atoms with E-state index in [0.717, 1.165) is 18.8 Å². The van der Waals surface area contributed by atoms with Crippen molar-refractivity contribution in [1.29, 1.82) is 0 Å². The van der Waals surface area contributed by atoms with Crippen molar-refractivity contribution < 1.29 is 9.53 Å². The zero-order chi connectivity index (χ0) is 9.52. The number of carbonyl (C=O) groups excluding carboxylic acids is 1. The lowest BCUT2D eigenvalue weighted by Crippen LogP contribution is -2.41. The molecular formula is C9H15NO2S. The summed E-state index contributed by atoms with van der Waals surface area (Å²) in [5.74, 6) is 1.62. The number of hydrogen-bond acceptors (Lipinski definition) is 3. The summed E-state index contributed by atoms with van der Waals surface area (Å²) in [5.41, 5.74) is 0. The Labute approximate surface area is 83.1 Å². The summed E-state index contributed by atoms with van der Waals surface area (Å²) in [4.78, 5) is 13.3. The van der Waals surface area contributed by atoms with E-state index in [2.05, 4.69) is 6.58 Å². The van der Waals surface area contributed by atoms with Crippen LogP contribution < -0.4 is 0 Å². The van der Waals surface area contributed by atoms with Gasteiger partial charge in [-0.15, -0.1) is 18.3 Å². The average Bonchev–Trinajstić information content (AvgIpc) is 2.19. The highest BCUT2D eigenvalue weighted by Crippen LogP contribution is 2.04. The highest BCUT2D eigenvalue weighted by Gasteiger charge is 2.15. The fourth-order valence-electron chi connectivity index (χ4n) is 1.13. The van der Waals surface area contributed by atoms with Crippen molar-refractivity contribution in [3.05, 3.63) is 12.7 Å². The van der Waals surface area contributed by atoms with Gasteiger partial charge in [0.05, 0.1) is 19.0 Å². The number of morpholine rings is 1. The monoisotopic (exact) mass is 201 g/mol. The second kappa shape index (κ2) is 6.05. The summed E-state index contributed by atoms with van der Waals surface area (Å²) in [7, 11) is 0. The first-order valence-electron chi connectivity index (χ1n) is 4.38. The van der Waals surface area contributed by atoms with Crippen LogP contribution in [-0.2, 0) is 9.53 Å². The maximum Gasteiger partial charge on any atom is 0.232 e. The Morgan fingerprint density at radius 2 is 2.23 bits per heavy atom. The number of nitrogens with zero attached hydrogens (tertiary/aromatic N) is 1. The Hall–Kier alpha value is -0.480. The van der Waals surface area contributed by atoms with Crippen molar-refractivity contribution in [2.45, 2.75) is 0 Å². The molecule has 1 heterocycles. The standard InChI is InChI=1S/C9H15NO2S/c1-2-7-13-8-9(11)10-3-5-12-6-4-10/h2H,1,3-8H2. The van der Waals surface area contributed by atoms with E-state index >= 15 is 0 Å². The molecule has 13 heavy (non-hydrogen) atoms.